The number of benzene rings is 2. The van der Waals surface area contributed by atoms with Crippen LogP contribution in [0.1, 0.15) is 16.7 Å². The van der Waals surface area contributed by atoms with Gasteiger partial charge in [-0.05, 0) is 29.3 Å². The second-order valence-electron chi connectivity index (χ2n) is 6.00. The van der Waals surface area contributed by atoms with Gasteiger partial charge in [-0.2, -0.15) is 13.2 Å². The monoisotopic (exact) mass is 395 g/mol. The van der Waals surface area contributed by atoms with Gasteiger partial charge < -0.3 is 19.5 Å². The Hall–Kier alpha value is -3.23. The second-order valence-corrected chi connectivity index (χ2v) is 6.00. The van der Waals surface area contributed by atoms with E-state index in [0.29, 0.717) is 11.5 Å². The Morgan fingerprint density at radius 2 is 1.82 bits per heavy atom. The SMILES string of the molecule is O=C(COC(=O)Cc1cccc(C(F)(F)F)c1)NCc1ccc2c(c1)OCO2. The number of nitrogens with one attached hydrogen (secondary N) is 1. The van der Waals surface area contributed by atoms with Gasteiger partial charge in [0, 0.05) is 6.54 Å². The summed E-state index contributed by atoms with van der Waals surface area (Å²) in [6.45, 7) is -0.185. The minimum Gasteiger partial charge on any atom is -0.455 e. The number of rotatable bonds is 6. The van der Waals surface area contributed by atoms with Crippen molar-refractivity contribution in [3.8, 4) is 11.5 Å². The Balaban J connectivity index is 1.44. The first-order valence-electron chi connectivity index (χ1n) is 8.28. The molecule has 0 radical (unpaired) electrons. The third-order valence-corrected chi connectivity index (χ3v) is 3.89. The van der Waals surface area contributed by atoms with E-state index in [0.717, 1.165) is 17.7 Å². The van der Waals surface area contributed by atoms with Crippen molar-refractivity contribution in [1.82, 2.24) is 5.32 Å². The number of hydrogen-bond donors (Lipinski definition) is 1. The zero-order chi connectivity index (χ0) is 20.1. The lowest BCUT2D eigenvalue weighted by atomic mass is 10.1. The van der Waals surface area contributed by atoms with Gasteiger partial charge in [0.1, 0.15) is 0 Å². The van der Waals surface area contributed by atoms with Gasteiger partial charge in [0.15, 0.2) is 18.1 Å². The molecule has 0 saturated heterocycles. The molecule has 3 rings (SSSR count). The minimum absolute atomic E-state index is 0.146. The lowest BCUT2D eigenvalue weighted by molar-refractivity contribution is -0.148. The van der Waals surface area contributed by atoms with Crippen LogP contribution in [0, 0.1) is 0 Å². The summed E-state index contributed by atoms with van der Waals surface area (Å²) >= 11 is 0. The maximum Gasteiger partial charge on any atom is 0.416 e. The number of esters is 1. The molecule has 9 heteroatoms. The fourth-order valence-corrected chi connectivity index (χ4v) is 2.52. The highest BCUT2D eigenvalue weighted by Gasteiger charge is 2.30. The highest BCUT2D eigenvalue weighted by molar-refractivity contribution is 5.81. The molecule has 2 aromatic carbocycles. The van der Waals surface area contributed by atoms with Gasteiger partial charge in [-0.3, -0.25) is 9.59 Å². The number of halogens is 3. The summed E-state index contributed by atoms with van der Waals surface area (Å²) in [6.07, 6.45) is -4.85. The van der Waals surface area contributed by atoms with E-state index < -0.39 is 30.2 Å². The van der Waals surface area contributed by atoms with Gasteiger partial charge >= 0.3 is 12.1 Å². The van der Waals surface area contributed by atoms with Crippen molar-refractivity contribution in [3.05, 3.63) is 59.2 Å². The molecular weight excluding hydrogens is 379 g/mol. The predicted octanol–water partition coefficient (Wildman–Crippen LogP) is 2.84. The van der Waals surface area contributed by atoms with E-state index in [1.165, 1.54) is 12.1 Å². The quantitative estimate of drug-likeness (QED) is 0.762. The number of amides is 1. The van der Waals surface area contributed by atoms with E-state index in [1.807, 2.05) is 0 Å². The molecule has 28 heavy (non-hydrogen) atoms. The fraction of sp³-hybridized carbons (Fsp3) is 0.263. The van der Waals surface area contributed by atoms with E-state index in [2.05, 4.69) is 5.32 Å². The maximum atomic E-state index is 12.7. The highest BCUT2D eigenvalue weighted by atomic mass is 19.4. The van der Waals surface area contributed by atoms with E-state index in [-0.39, 0.29) is 25.3 Å². The summed E-state index contributed by atoms with van der Waals surface area (Å²) in [5.41, 5.74) is 0.0766. The van der Waals surface area contributed by atoms with Crippen LogP contribution in [0.3, 0.4) is 0 Å². The first-order chi connectivity index (χ1) is 13.3. The summed E-state index contributed by atoms with van der Waals surface area (Å²) in [7, 11) is 0. The standard InChI is InChI=1S/C19H16F3NO5/c20-19(21,22)14-3-1-2-12(6-14)8-18(25)26-10-17(24)23-9-13-4-5-15-16(7-13)28-11-27-15/h1-7H,8-11H2,(H,23,24). The van der Waals surface area contributed by atoms with Crippen molar-refractivity contribution >= 4 is 11.9 Å². The molecule has 1 aliphatic heterocycles. The molecule has 1 amide bonds. The molecule has 0 saturated carbocycles. The Labute approximate surface area is 158 Å². The number of hydrogen-bond acceptors (Lipinski definition) is 5. The molecule has 1 aliphatic rings. The van der Waals surface area contributed by atoms with Crippen molar-refractivity contribution in [2.45, 2.75) is 19.1 Å². The summed E-state index contributed by atoms with van der Waals surface area (Å²) < 4.78 is 53.3. The van der Waals surface area contributed by atoms with Gasteiger partial charge in [-0.25, -0.2) is 0 Å². The lowest BCUT2D eigenvalue weighted by Gasteiger charge is -2.09. The first-order valence-corrected chi connectivity index (χ1v) is 8.28. The Morgan fingerprint density at radius 1 is 1.04 bits per heavy atom. The van der Waals surface area contributed by atoms with Crippen molar-refractivity contribution in [3.63, 3.8) is 0 Å². The van der Waals surface area contributed by atoms with Crippen molar-refractivity contribution in [2.75, 3.05) is 13.4 Å². The molecule has 2 aromatic rings. The first kappa shape index (κ1) is 19.5. The average molecular weight is 395 g/mol. The molecule has 1 N–H and O–H groups in total. The Morgan fingerprint density at radius 3 is 2.61 bits per heavy atom. The predicted molar refractivity (Wildman–Crippen MR) is 90.5 cm³/mol. The number of fused-ring (bicyclic) bond motifs is 1. The zero-order valence-corrected chi connectivity index (χ0v) is 14.5. The molecule has 1 heterocycles. The molecular formula is C19H16F3NO5. The largest absolute Gasteiger partial charge is 0.455 e. The van der Waals surface area contributed by atoms with Crippen molar-refractivity contribution in [2.24, 2.45) is 0 Å². The van der Waals surface area contributed by atoms with Gasteiger partial charge in [0.2, 0.25) is 6.79 Å². The molecule has 0 aliphatic carbocycles. The molecule has 6 nitrogen and oxygen atoms in total. The minimum atomic E-state index is -4.49. The van der Waals surface area contributed by atoms with Crippen LogP contribution >= 0.6 is 0 Å². The summed E-state index contributed by atoms with van der Waals surface area (Å²) in [5.74, 6) is -0.120. The molecule has 0 fully saturated rings. The maximum absolute atomic E-state index is 12.7. The molecule has 148 valence electrons. The van der Waals surface area contributed by atoms with Crippen molar-refractivity contribution in [1.29, 1.82) is 0 Å². The van der Waals surface area contributed by atoms with Crippen molar-refractivity contribution < 1.29 is 37.0 Å². The van der Waals surface area contributed by atoms with Crippen LogP contribution in [0.5, 0.6) is 11.5 Å². The van der Waals surface area contributed by atoms with E-state index in [1.54, 1.807) is 18.2 Å². The summed E-state index contributed by atoms with van der Waals surface area (Å²) in [6, 6.07) is 9.59. The lowest BCUT2D eigenvalue weighted by Crippen LogP contribution is -2.28. The van der Waals surface area contributed by atoms with Crippen LogP contribution < -0.4 is 14.8 Å². The van der Waals surface area contributed by atoms with Gasteiger partial charge in [0.05, 0.1) is 12.0 Å². The van der Waals surface area contributed by atoms with Crippen LogP contribution in [0.2, 0.25) is 0 Å². The van der Waals surface area contributed by atoms with Crippen LogP contribution in [0.4, 0.5) is 13.2 Å². The van der Waals surface area contributed by atoms with E-state index in [9.17, 15) is 22.8 Å². The Bertz CT molecular complexity index is 882. The van der Waals surface area contributed by atoms with Crippen LogP contribution in [0.25, 0.3) is 0 Å². The molecule has 0 unspecified atom stereocenters. The smallest absolute Gasteiger partial charge is 0.416 e. The van der Waals surface area contributed by atoms with Gasteiger partial charge in [-0.1, -0.05) is 24.3 Å². The summed E-state index contributed by atoms with van der Waals surface area (Å²) in [4.78, 5) is 23.6. The third kappa shape index (κ3) is 5.15. The summed E-state index contributed by atoms with van der Waals surface area (Å²) in [5, 5.41) is 2.58. The van der Waals surface area contributed by atoms with Gasteiger partial charge in [-0.15, -0.1) is 0 Å². The van der Waals surface area contributed by atoms with E-state index >= 15 is 0 Å². The van der Waals surface area contributed by atoms with Crippen LogP contribution in [-0.4, -0.2) is 25.3 Å². The normalized spacial score (nSPS) is 12.5. The fourth-order valence-electron chi connectivity index (χ4n) is 2.52. The second kappa shape index (κ2) is 8.20. The topological polar surface area (TPSA) is 73.9 Å². The molecule has 0 bridgehead atoms. The molecule has 0 atom stereocenters. The molecule has 0 aromatic heterocycles. The number of carbonyl (C=O) groups excluding carboxylic acids is 2. The number of alkyl halides is 3. The number of ether oxygens (including phenoxy) is 3. The van der Waals surface area contributed by atoms with Crippen LogP contribution in [0.15, 0.2) is 42.5 Å². The van der Waals surface area contributed by atoms with Crippen LogP contribution in [-0.2, 0) is 33.5 Å². The third-order valence-electron chi connectivity index (χ3n) is 3.89. The highest BCUT2D eigenvalue weighted by Crippen LogP contribution is 2.32. The van der Waals surface area contributed by atoms with E-state index in [4.69, 9.17) is 14.2 Å². The van der Waals surface area contributed by atoms with Gasteiger partial charge in [0.25, 0.3) is 5.91 Å². The molecule has 0 spiro atoms. The Kier molecular flexibility index (Phi) is 5.72. The number of carbonyl (C=O) groups is 2. The average Bonchev–Trinajstić information content (AvgIpc) is 3.12. The zero-order valence-electron chi connectivity index (χ0n) is 14.5.